The van der Waals surface area contributed by atoms with Crippen molar-refractivity contribution >= 4 is 21.5 Å². The molecule has 0 unspecified atom stereocenters. The summed E-state index contributed by atoms with van der Waals surface area (Å²) in [6.45, 7) is 11.6. The maximum atomic E-state index is 2.52. The van der Waals surface area contributed by atoms with Gasteiger partial charge in [-0.15, -0.1) is 0 Å². The van der Waals surface area contributed by atoms with Gasteiger partial charge in [-0.3, -0.25) is 0 Å². The summed E-state index contributed by atoms with van der Waals surface area (Å²) in [6.07, 6.45) is 12.9. The Morgan fingerprint density at radius 1 is 0.567 bits per heavy atom. The molecule has 0 amide bonds. The lowest BCUT2D eigenvalue weighted by atomic mass is 9.82. The lowest BCUT2D eigenvalue weighted by molar-refractivity contribution is 0.591. The molecule has 0 aromatic heterocycles. The van der Waals surface area contributed by atoms with Gasteiger partial charge >= 0.3 is 0 Å². The van der Waals surface area contributed by atoms with Gasteiger partial charge in [0.15, 0.2) is 0 Å². The lowest BCUT2D eigenvalue weighted by Crippen LogP contribution is -2.11. The summed E-state index contributed by atoms with van der Waals surface area (Å²) in [4.78, 5) is 0. The van der Waals surface area contributed by atoms with Crippen LogP contribution in [0.3, 0.4) is 0 Å². The van der Waals surface area contributed by atoms with E-state index in [4.69, 9.17) is 0 Å². The fourth-order valence-corrected chi connectivity index (χ4v) is 4.82. The Kier molecular flexibility index (Phi) is 7.98. The summed E-state index contributed by atoms with van der Waals surface area (Å²) in [7, 11) is 0. The van der Waals surface area contributed by atoms with Crippen LogP contribution in [0.15, 0.2) is 42.5 Å². The molecule has 0 heterocycles. The number of unbranched alkanes of at least 4 members (excludes halogenated alkanes) is 6. The van der Waals surface area contributed by atoms with E-state index < -0.39 is 0 Å². The van der Waals surface area contributed by atoms with Crippen LogP contribution in [0.5, 0.6) is 0 Å². The van der Waals surface area contributed by atoms with E-state index in [1.807, 2.05) is 0 Å². The minimum absolute atomic E-state index is 0.181. The summed E-state index contributed by atoms with van der Waals surface area (Å²) >= 11 is 0. The van der Waals surface area contributed by atoms with Crippen molar-refractivity contribution in [2.45, 2.75) is 104 Å². The summed E-state index contributed by atoms with van der Waals surface area (Å²) in [5, 5.41) is 6.01. The molecule has 0 bridgehead atoms. The summed E-state index contributed by atoms with van der Waals surface area (Å²) in [6, 6.07) is 16.6. The van der Waals surface area contributed by atoms with Crippen molar-refractivity contribution < 1.29 is 0 Å². The molecule has 0 atom stereocenters. The standard InChI is InChI=1S/C30H42/c1-6-8-10-12-16-26-24-18-14-15-19-25(24)27(17-13-11-9-7-2)29-22-23(30(3,4)5)20-21-28(26)29/h14-15,18-22H,6-13,16-17H2,1-5H3. The third kappa shape index (κ3) is 5.26. The van der Waals surface area contributed by atoms with Crippen molar-refractivity contribution in [3.05, 3.63) is 59.2 Å². The van der Waals surface area contributed by atoms with Gasteiger partial charge in [-0.05, 0) is 69.3 Å². The monoisotopic (exact) mass is 402 g/mol. The Hall–Kier alpha value is -1.82. The third-order valence-electron chi connectivity index (χ3n) is 6.67. The van der Waals surface area contributed by atoms with Gasteiger partial charge in [0.2, 0.25) is 0 Å². The Balaban J connectivity index is 2.16. The van der Waals surface area contributed by atoms with Gasteiger partial charge in [0, 0.05) is 0 Å². The molecular formula is C30H42. The number of rotatable bonds is 10. The lowest BCUT2D eigenvalue weighted by Gasteiger charge is -2.23. The highest BCUT2D eigenvalue weighted by atomic mass is 14.2. The number of hydrogen-bond acceptors (Lipinski definition) is 0. The third-order valence-corrected chi connectivity index (χ3v) is 6.67. The largest absolute Gasteiger partial charge is 0.0654 e. The van der Waals surface area contributed by atoms with Crippen molar-refractivity contribution in [1.29, 1.82) is 0 Å². The van der Waals surface area contributed by atoms with Gasteiger partial charge in [-0.25, -0.2) is 0 Å². The Morgan fingerprint density at radius 2 is 1.07 bits per heavy atom. The van der Waals surface area contributed by atoms with E-state index >= 15 is 0 Å². The molecule has 0 nitrogen and oxygen atoms in total. The second kappa shape index (κ2) is 10.5. The number of fused-ring (bicyclic) bond motifs is 2. The van der Waals surface area contributed by atoms with E-state index in [-0.39, 0.29) is 5.41 Å². The Labute approximate surface area is 185 Å². The van der Waals surface area contributed by atoms with E-state index in [1.54, 1.807) is 11.1 Å². The molecule has 162 valence electrons. The zero-order valence-electron chi connectivity index (χ0n) is 20.1. The molecule has 0 fully saturated rings. The second-order valence-electron chi connectivity index (χ2n) is 10.1. The van der Waals surface area contributed by atoms with Crippen molar-refractivity contribution in [2.24, 2.45) is 0 Å². The van der Waals surface area contributed by atoms with E-state index in [0.717, 1.165) is 0 Å². The first kappa shape index (κ1) is 22.9. The Morgan fingerprint density at radius 3 is 1.57 bits per heavy atom. The van der Waals surface area contributed by atoms with Crippen LogP contribution in [0, 0.1) is 0 Å². The van der Waals surface area contributed by atoms with Crippen LogP contribution in [0.2, 0.25) is 0 Å². The highest BCUT2D eigenvalue weighted by Gasteiger charge is 2.18. The molecule has 30 heavy (non-hydrogen) atoms. The predicted octanol–water partition coefficient (Wildman–Crippen LogP) is 9.54. The van der Waals surface area contributed by atoms with Gasteiger partial charge in [0.25, 0.3) is 0 Å². The van der Waals surface area contributed by atoms with Crippen molar-refractivity contribution in [3.63, 3.8) is 0 Å². The van der Waals surface area contributed by atoms with Gasteiger partial charge < -0.3 is 0 Å². The molecule has 0 heteroatoms. The van der Waals surface area contributed by atoms with E-state index in [1.165, 1.54) is 91.3 Å². The number of hydrogen-bond donors (Lipinski definition) is 0. The maximum Gasteiger partial charge on any atom is -0.0132 e. The molecule has 0 aliphatic carbocycles. The van der Waals surface area contributed by atoms with Crippen LogP contribution in [0.25, 0.3) is 21.5 Å². The molecule has 0 aliphatic heterocycles. The van der Waals surface area contributed by atoms with E-state index in [2.05, 4.69) is 77.1 Å². The van der Waals surface area contributed by atoms with E-state index in [9.17, 15) is 0 Å². The smallest absolute Gasteiger partial charge is 0.0132 e. The van der Waals surface area contributed by atoms with Crippen molar-refractivity contribution in [3.8, 4) is 0 Å². The molecule has 0 saturated heterocycles. The number of aryl methyl sites for hydroxylation is 2. The first-order chi connectivity index (χ1) is 14.5. The zero-order valence-corrected chi connectivity index (χ0v) is 20.1. The zero-order chi connectivity index (χ0) is 21.6. The van der Waals surface area contributed by atoms with Gasteiger partial charge in [-0.1, -0.05) is 116 Å². The normalized spacial score (nSPS) is 12.2. The van der Waals surface area contributed by atoms with Crippen LogP contribution >= 0.6 is 0 Å². The molecule has 3 aromatic carbocycles. The van der Waals surface area contributed by atoms with Crippen molar-refractivity contribution in [2.75, 3.05) is 0 Å². The van der Waals surface area contributed by atoms with Gasteiger partial charge in [0.05, 0.1) is 0 Å². The second-order valence-corrected chi connectivity index (χ2v) is 10.1. The first-order valence-electron chi connectivity index (χ1n) is 12.4. The van der Waals surface area contributed by atoms with Crippen LogP contribution in [-0.2, 0) is 18.3 Å². The van der Waals surface area contributed by atoms with Crippen LogP contribution in [0.1, 0.15) is 103 Å². The average Bonchev–Trinajstić information content (AvgIpc) is 2.73. The molecule has 0 saturated carbocycles. The minimum atomic E-state index is 0.181. The fourth-order valence-electron chi connectivity index (χ4n) is 4.82. The van der Waals surface area contributed by atoms with Gasteiger partial charge in [-0.2, -0.15) is 0 Å². The molecule has 3 aromatic rings. The quantitative estimate of drug-likeness (QED) is 0.234. The highest BCUT2D eigenvalue weighted by Crippen LogP contribution is 2.37. The molecule has 0 aliphatic rings. The van der Waals surface area contributed by atoms with Crippen LogP contribution < -0.4 is 0 Å². The van der Waals surface area contributed by atoms with Crippen LogP contribution in [0.4, 0.5) is 0 Å². The summed E-state index contributed by atoms with van der Waals surface area (Å²) < 4.78 is 0. The molecule has 0 radical (unpaired) electrons. The fraction of sp³-hybridized carbons (Fsp3) is 0.533. The highest BCUT2D eigenvalue weighted by molar-refractivity contribution is 6.06. The molecule has 3 rings (SSSR count). The molecule has 0 spiro atoms. The first-order valence-corrected chi connectivity index (χ1v) is 12.4. The summed E-state index contributed by atoms with van der Waals surface area (Å²) in [5.41, 5.74) is 4.80. The van der Waals surface area contributed by atoms with Gasteiger partial charge in [0.1, 0.15) is 0 Å². The van der Waals surface area contributed by atoms with Crippen LogP contribution in [-0.4, -0.2) is 0 Å². The SMILES string of the molecule is CCCCCCc1c2ccccc2c(CCCCCC)c2cc(C(C)(C)C)ccc12. The minimum Gasteiger partial charge on any atom is -0.0654 e. The average molecular weight is 403 g/mol. The molecule has 0 N–H and O–H groups in total. The molecular weight excluding hydrogens is 360 g/mol. The number of benzene rings is 3. The Bertz CT molecular complexity index is 955. The van der Waals surface area contributed by atoms with E-state index in [0.29, 0.717) is 0 Å². The summed E-state index contributed by atoms with van der Waals surface area (Å²) in [5.74, 6) is 0. The topological polar surface area (TPSA) is 0 Å². The predicted molar refractivity (Wildman–Crippen MR) is 136 cm³/mol. The van der Waals surface area contributed by atoms with Crippen molar-refractivity contribution in [1.82, 2.24) is 0 Å². The maximum absolute atomic E-state index is 2.52.